The second-order valence-electron chi connectivity index (χ2n) is 5.89. The zero-order valence-corrected chi connectivity index (χ0v) is 15.6. The number of nitrogens with one attached hydrogen (secondary N) is 2. The van der Waals surface area contributed by atoms with Gasteiger partial charge in [0.2, 0.25) is 5.91 Å². The van der Waals surface area contributed by atoms with E-state index in [-0.39, 0.29) is 35.6 Å². The molecule has 136 valence electrons. The summed E-state index contributed by atoms with van der Waals surface area (Å²) < 4.78 is 26.4. The van der Waals surface area contributed by atoms with Gasteiger partial charge in [-0.25, -0.2) is 8.42 Å². The molecule has 6 nitrogen and oxygen atoms in total. The van der Waals surface area contributed by atoms with Crippen molar-refractivity contribution in [2.24, 2.45) is 4.99 Å². The SMILES string of the molecule is C[C@@H](NC(=O)CCN=C1NS(=O)(=O)c2ccccc21)c1ccccc1Cl. The maximum Gasteiger partial charge on any atom is 0.263 e. The van der Waals surface area contributed by atoms with E-state index in [1.54, 1.807) is 24.3 Å². The highest BCUT2D eigenvalue weighted by Crippen LogP contribution is 2.23. The van der Waals surface area contributed by atoms with E-state index in [0.717, 1.165) is 5.56 Å². The molecule has 0 saturated carbocycles. The summed E-state index contributed by atoms with van der Waals surface area (Å²) in [6.07, 6.45) is 0.141. The highest BCUT2D eigenvalue weighted by atomic mass is 35.5. The Kier molecular flexibility index (Phi) is 5.29. The van der Waals surface area contributed by atoms with E-state index in [0.29, 0.717) is 10.6 Å². The van der Waals surface area contributed by atoms with Crippen molar-refractivity contribution >= 4 is 33.4 Å². The average molecular weight is 392 g/mol. The van der Waals surface area contributed by atoms with Gasteiger partial charge in [-0.15, -0.1) is 0 Å². The van der Waals surface area contributed by atoms with Gasteiger partial charge in [-0.2, -0.15) is 0 Å². The quantitative estimate of drug-likeness (QED) is 0.821. The predicted octanol–water partition coefficient (Wildman–Crippen LogP) is 2.65. The number of aliphatic imine (C=N–C) groups is 1. The monoisotopic (exact) mass is 391 g/mol. The topological polar surface area (TPSA) is 87.6 Å². The fourth-order valence-corrected chi connectivity index (χ4v) is 4.29. The molecular weight excluding hydrogens is 374 g/mol. The van der Waals surface area contributed by atoms with E-state index in [1.165, 1.54) is 6.07 Å². The molecule has 3 rings (SSSR count). The summed E-state index contributed by atoms with van der Waals surface area (Å²) in [5.74, 6) is 0.0865. The second-order valence-corrected chi connectivity index (χ2v) is 7.95. The van der Waals surface area contributed by atoms with E-state index >= 15 is 0 Å². The minimum absolute atomic E-state index is 0.141. The lowest BCUT2D eigenvalue weighted by Gasteiger charge is -2.15. The Hall–Kier alpha value is -2.38. The summed E-state index contributed by atoms with van der Waals surface area (Å²) in [5, 5.41) is 3.46. The van der Waals surface area contributed by atoms with Crippen molar-refractivity contribution in [2.45, 2.75) is 24.3 Å². The summed E-state index contributed by atoms with van der Waals surface area (Å²) in [5.41, 5.74) is 1.36. The average Bonchev–Trinajstić information content (AvgIpc) is 2.86. The Balaban J connectivity index is 1.61. The molecule has 2 N–H and O–H groups in total. The molecule has 0 aromatic heterocycles. The number of fused-ring (bicyclic) bond motifs is 1. The van der Waals surface area contributed by atoms with Gasteiger partial charge in [-0.3, -0.25) is 14.5 Å². The first-order chi connectivity index (χ1) is 12.4. The number of amidine groups is 1. The number of nitrogens with zero attached hydrogens (tertiary/aromatic N) is 1. The summed E-state index contributed by atoms with van der Waals surface area (Å²) in [4.78, 5) is 16.6. The molecule has 0 aliphatic carbocycles. The number of halogens is 1. The van der Waals surface area contributed by atoms with Crippen LogP contribution in [0.25, 0.3) is 0 Å². The predicted molar refractivity (Wildman–Crippen MR) is 101 cm³/mol. The zero-order chi connectivity index (χ0) is 18.7. The van der Waals surface area contributed by atoms with Gasteiger partial charge in [0, 0.05) is 17.0 Å². The standard InChI is InChI=1S/C18H18ClN3O3S/c1-12(13-6-2-4-8-15(13)19)21-17(23)10-11-20-18-14-7-3-5-9-16(14)26(24,25)22-18/h2-9,12H,10-11H2,1H3,(H,20,22)(H,21,23)/t12-/m1/s1. The van der Waals surface area contributed by atoms with Gasteiger partial charge < -0.3 is 5.32 Å². The molecule has 1 atom stereocenters. The van der Waals surface area contributed by atoms with Crippen LogP contribution in [-0.2, 0) is 14.8 Å². The number of hydrogen-bond acceptors (Lipinski definition) is 4. The largest absolute Gasteiger partial charge is 0.349 e. The van der Waals surface area contributed by atoms with Crippen LogP contribution in [0.3, 0.4) is 0 Å². The van der Waals surface area contributed by atoms with E-state index < -0.39 is 10.0 Å². The Labute approximate surface area is 157 Å². The van der Waals surface area contributed by atoms with Crippen LogP contribution < -0.4 is 10.0 Å². The Morgan fingerprint density at radius 2 is 1.88 bits per heavy atom. The molecule has 26 heavy (non-hydrogen) atoms. The van der Waals surface area contributed by atoms with Crippen LogP contribution in [0, 0.1) is 0 Å². The van der Waals surface area contributed by atoms with Gasteiger partial charge in [-0.05, 0) is 30.7 Å². The van der Waals surface area contributed by atoms with Gasteiger partial charge in [-0.1, -0.05) is 41.9 Å². The van der Waals surface area contributed by atoms with Crippen LogP contribution in [0.5, 0.6) is 0 Å². The van der Waals surface area contributed by atoms with Crippen molar-refractivity contribution in [1.29, 1.82) is 0 Å². The Morgan fingerprint density at radius 3 is 2.65 bits per heavy atom. The van der Waals surface area contributed by atoms with Crippen molar-refractivity contribution in [3.05, 3.63) is 64.7 Å². The van der Waals surface area contributed by atoms with Crippen molar-refractivity contribution in [3.63, 3.8) is 0 Å². The lowest BCUT2D eigenvalue weighted by atomic mass is 10.1. The highest BCUT2D eigenvalue weighted by molar-refractivity contribution is 7.90. The normalized spacial score (nSPS) is 17.4. The lowest BCUT2D eigenvalue weighted by Crippen LogP contribution is -2.27. The molecule has 0 fully saturated rings. The first-order valence-electron chi connectivity index (χ1n) is 8.09. The van der Waals surface area contributed by atoms with E-state index in [1.807, 2.05) is 25.1 Å². The molecule has 0 unspecified atom stereocenters. The smallest absolute Gasteiger partial charge is 0.263 e. The van der Waals surface area contributed by atoms with E-state index in [9.17, 15) is 13.2 Å². The Bertz CT molecular complexity index is 973. The third kappa shape index (κ3) is 3.89. The third-order valence-electron chi connectivity index (χ3n) is 4.02. The highest BCUT2D eigenvalue weighted by Gasteiger charge is 2.29. The van der Waals surface area contributed by atoms with Gasteiger partial charge in [0.15, 0.2) is 0 Å². The molecule has 8 heteroatoms. The van der Waals surface area contributed by atoms with Crippen LogP contribution in [0.1, 0.15) is 30.5 Å². The number of sulfonamides is 1. The number of carbonyl (C=O) groups excluding carboxylic acids is 1. The maximum absolute atomic E-state index is 12.1. The van der Waals surface area contributed by atoms with Crippen molar-refractivity contribution in [1.82, 2.24) is 10.0 Å². The molecule has 1 heterocycles. The lowest BCUT2D eigenvalue weighted by molar-refractivity contribution is -0.121. The van der Waals surface area contributed by atoms with Gasteiger partial charge in [0.25, 0.3) is 10.0 Å². The van der Waals surface area contributed by atoms with Crippen LogP contribution in [-0.4, -0.2) is 26.7 Å². The third-order valence-corrected chi connectivity index (χ3v) is 5.76. The molecule has 1 aliphatic rings. The summed E-state index contributed by atoms with van der Waals surface area (Å²) >= 11 is 6.13. The van der Waals surface area contributed by atoms with Crippen LogP contribution in [0.2, 0.25) is 5.02 Å². The molecule has 1 aliphatic heterocycles. The maximum atomic E-state index is 12.1. The van der Waals surface area contributed by atoms with Crippen molar-refractivity contribution < 1.29 is 13.2 Å². The Morgan fingerprint density at radius 1 is 1.19 bits per heavy atom. The van der Waals surface area contributed by atoms with Gasteiger partial charge in [0.1, 0.15) is 5.84 Å². The van der Waals surface area contributed by atoms with E-state index in [4.69, 9.17) is 11.6 Å². The number of benzene rings is 2. The number of amides is 1. The van der Waals surface area contributed by atoms with Gasteiger partial charge in [0.05, 0.1) is 17.5 Å². The molecule has 2 aromatic carbocycles. The van der Waals surface area contributed by atoms with Crippen molar-refractivity contribution in [3.8, 4) is 0 Å². The number of rotatable bonds is 5. The molecule has 0 spiro atoms. The van der Waals surface area contributed by atoms with Crippen molar-refractivity contribution in [2.75, 3.05) is 6.54 Å². The first kappa shape index (κ1) is 18.4. The second kappa shape index (κ2) is 7.47. The minimum Gasteiger partial charge on any atom is -0.349 e. The molecule has 2 aromatic rings. The minimum atomic E-state index is -3.56. The number of carbonyl (C=O) groups is 1. The fraction of sp³-hybridized carbons (Fsp3) is 0.222. The van der Waals surface area contributed by atoms with Crippen LogP contribution >= 0.6 is 11.6 Å². The summed E-state index contributed by atoms with van der Waals surface area (Å²) in [6, 6.07) is 13.7. The molecule has 0 bridgehead atoms. The summed E-state index contributed by atoms with van der Waals surface area (Å²) in [7, 11) is -3.56. The molecule has 0 radical (unpaired) electrons. The van der Waals surface area contributed by atoms with Gasteiger partial charge >= 0.3 is 0 Å². The fourth-order valence-electron chi connectivity index (χ4n) is 2.74. The summed E-state index contributed by atoms with van der Waals surface area (Å²) in [6.45, 7) is 2.03. The van der Waals surface area contributed by atoms with Crippen LogP contribution in [0.4, 0.5) is 0 Å². The molecule has 1 amide bonds. The zero-order valence-electron chi connectivity index (χ0n) is 14.1. The van der Waals surface area contributed by atoms with Crippen LogP contribution in [0.15, 0.2) is 58.4 Å². The molecule has 0 saturated heterocycles. The first-order valence-corrected chi connectivity index (χ1v) is 9.95. The molecular formula is C18H18ClN3O3S. The van der Waals surface area contributed by atoms with E-state index in [2.05, 4.69) is 15.0 Å². The number of hydrogen-bond donors (Lipinski definition) is 2.